The predicted octanol–water partition coefficient (Wildman–Crippen LogP) is 3.32. The zero-order valence-corrected chi connectivity index (χ0v) is 14.5. The van der Waals surface area contributed by atoms with Crippen LogP contribution in [0.3, 0.4) is 0 Å². The van der Waals surface area contributed by atoms with Crippen LogP contribution in [0.5, 0.6) is 0 Å². The summed E-state index contributed by atoms with van der Waals surface area (Å²) in [5.74, 6) is -0.538. The van der Waals surface area contributed by atoms with E-state index in [1.54, 1.807) is 9.80 Å². The van der Waals surface area contributed by atoms with Crippen molar-refractivity contribution in [1.29, 1.82) is 0 Å². The van der Waals surface area contributed by atoms with Crippen molar-refractivity contribution in [2.75, 3.05) is 31.5 Å². The number of amides is 3. The Kier molecular flexibility index (Phi) is 5.36. The number of urea groups is 1. The van der Waals surface area contributed by atoms with Crippen LogP contribution < -0.4 is 5.32 Å². The van der Waals surface area contributed by atoms with Crippen molar-refractivity contribution in [1.82, 2.24) is 9.80 Å². The van der Waals surface area contributed by atoms with E-state index in [1.807, 2.05) is 31.2 Å². The molecule has 134 valence electrons. The van der Waals surface area contributed by atoms with Gasteiger partial charge in [0.2, 0.25) is 5.91 Å². The number of aryl methyl sites for hydroxylation is 1. The van der Waals surface area contributed by atoms with Gasteiger partial charge in [-0.1, -0.05) is 12.1 Å². The van der Waals surface area contributed by atoms with Gasteiger partial charge in [0.1, 0.15) is 5.83 Å². The van der Waals surface area contributed by atoms with E-state index < -0.39 is 0 Å². The Morgan fingerprint density at radius 2 is 2.08 bits per heavy atom. The number of hydrogen-bond donors (Lipinski definition) is 1. The number of piperidine rings is 1. The largest absolute Gasteiger partial charge is 0.335 e. The molecule has 1 N–H and O–H groups in total. The first kappa shape index (κ1) is 17.5. The zero-order chi connectivity index (χ0) is 17.8. The number of hydrogen-bond acceptors (Lipinski definition) is 2. The van der Waals surface area contributed by atoms with Crippen molar-refractivity contribution < 1.29 is 14.0 Å². The maximum atomic E-state index is 13.4. The Hall–Kier alpha value is -2.37. The second kappa shape index (κ2) is 7.68. The van der Waals surface area contributed by atoms with Gasteiger partial charge in [-0.3, -0.25) is 4.79 Å². The number of carbonyl (C=O) groups excluding carboxylic acids is 2. The van der Waals surface area contributed by atoms with Crippen LogP contribution in [-0.2, 0) is 4.79 Å². The summed E-state index contributed by atoms with van der Waals surface area (Å²) >= 11 is 0. The van der Waals surface area contributed by atoms with Gasteiger partial charge in [-0.25, -0.2) is 9.18 Å². The smallest absolute Gasteiger partial charge is 0.321 e. The Morgan fingerprint density at radius 3 is 2.84 bits per heavy atom. The maximum Gasteiger partial charge on any atom is 0.321 e. The van der Waals surface area contributed by atoms with Gasteiger partial charge in [0.25, 0.3) is 0 Å². The normalized spacial score (nSPS) is 20.9. The first-order chi connectivity index (χ1) is 12.0. The van der Waals surface area contributed by atoms with Gasteiger partial charge in [-0.2, -0.15) is 0 Å². The van der Waals surface area contributed by atoms with Crippen LogP contribution in [0, 0.1) is 12.8 Å². The van der Waals surface area contributed by atoms with E-state index in [0.717, 1.165) is 24.1 Å². The Balaban J connectivity index is 1.59. The monoisotopic (exact) mass is 345 g/mol. The molecule has 0 saturated carbocycles. The van der Waals surface area contributed by atoms with Crippen molar-refractivity contribution >= 4 is 17.6 Å². The summed E-state index contributed by atoms with van der Waals surface area (Å²) in [6, 6.07) is 7.43. The average Bonchev–Trinajstić information content (AvgIpc) is 2.61. The third-order valence-electron chi connectivity index (χ3n) is 4.75. The molecular formula is C19H24FN3O2. The number of nitrogens with one attached hydrogen (secondary N) is 1. The highest BCUT2D eigenvalue weighted by atomic mass is 19.1. The van der Waals surface area contributed by atoms with E-state index in [0.29, 0.717) is 26.1 Å². The molecule has 0 radical (unpaired) electrons. The van der Waals surface area contributed by atoms with Crippen molar-refractivity contribution in [3.05, 3.63) is 41.7 Å². The highest BCUT2D eigenvalue weighted by molar-refractivity contribution is 5.90. The Labute approximate surface area is 147 Å². The molecule has 2 aliphatic rings. The van der Waals surface area contributed by atoms with E-state index in [4.69, 9.17) is 0 Å². The zero-order valence-electron chi connectivity index (χ0n) is 14.5. The van der Waals surface area contributed by atoms with Gasteiger partial charge in [-0.15, -0.1) is 0 Å². The molecule has 1 fully saturated rings. The molecule has 3 rings (SSSR count). The molecular weight excluding hydrogens is 321 g/mol. The van der Waals surface area contributed by atoms with E-state index >= 15 is 0 Å². The summed E-state index contributed by atoms with van der Waals surface area (Å²) in [7, 11) is 0. The molecule has 1 unspecified atom stereocenters. The van der Waals surface area contributed by atoms with Gasteiger partial charge in [0.05, 0.1) is 12.5 Å². The lowest BCUT2D eigenvalue weighted by Gasteiger charge is -2.35. The number of likely N-dealkylation sites (tertiary alicyclic amines) is 1. The van der Waals surface area contributed by atoms with Gasteiger partial charge >= 0.3 is 6.03 Å². The second-order valence-corrected chi connectivity index (χ2v) is 6.78. The molecule has 1 aromatic rings. The Bertz CT molecular complexity index is 689. The lowest BCUT2D eigenvalue weighted by molar-refractivity contribution is -0.136. The maximum absolute atomic E-state index is 13.4. The first-order valence-corrected chi connectivity index (χ1v) is 8.79. The molecule has 1 saturated heterocycles. The summed E-state index contributed by atoms with van der Waals surface area (Å²) in [5.41, 5.74) is 1.83. The van der Waals surface area contributed by atoms with Crippen LogP contribution in [0.1, 0.15) is 24.8 Å². The topological polar surface area (TPSA) is 52.7 Å². The van der Waals surface area contributed by atoms with Gasteiger partial charge in [0.15, 0.2) is 0 Å². The van der Waals surface area contributed by atoms with E-state index in [2.05, 4.69) is 5.32 Å². The van der Waals surface area contributed by atoms with Gasteiger partial charge in [-0.05, 0) is 50.0 Å². The van der Waals surface area contributed by atoms with Crippen LogP contribution in [0.25, 0.3) is 0 Å². The molecule has 25 heavy (non-hydrogen) atoms. The molecule has 1 aromatic carbocycles. The van der Waals surface area contributed by atoms with Crippen LogP contribution in [0.2, 0.25) is 0 Å². The van der Waals surface area contributed by atoms with Gasteiger partial charge < -0.3 is 15.1 Å². The highest BCUT2D eigenvalue weighted by Crippen LogP contribution is 2.22. The standard InChI is InChI=1S/C19H24FN3O2/c1-14-5-2-8-17(11-14)21-19(25)23-10-3-6-15(12-23)18(24)22-9-4-7-16(20)13-22/h2,5,7-8,11,15H,3-4,6,9-10,12-13H2,1H3,(H,21,25). The molecule has 2 heterocycles. The van der Waals surface area contributed by atoms with E-state index in [9.17, 15) is 14.0 Å². The summed E-state index contributed by atoms with van der Waals surface area (Å²) in [4.78, 5) is 28.4. The number of benzene rings is 1. The molecule has 0 bridgehead atoms. The quantitative estimate of drug-likeness (QED) is 0.894. The van der Waals surface area contributed by atoms with Crippen molar-refractivity contribution in [2.45, 2.75) is 26.2 Å². The predicted molar refractivity (Wildman–Crippen MR) is 94.9 cm³/mol. The Morgan fingerprint density at radius 1 is 1.24 bits per heavy atom. The second-order valence-electron chi connectivity index (χ2n) is 6.78. The fourth-order valence-electron chi connectivity index (χ4n) is 3.44. The summed E-state index contributed by atoms with van der Waals surface area (Å²) < 4.78 is 13.4. The molecule has 0 aliphatic carbocycles. The summed E-state index contributed by atoms with van der Waals surface area (Å²) in [6.45, 7) is 3.61. The van der Waals surface area contributed by atoms with Gasteiger partial charge in [0, 0.05) is 25.3 Å². The fraction of sp³-hybridized carbons (Fsp3) is 0.474. The minimum absolute atomic E-state index is 0.0451. The SMILES string of the molecule is Cc1cccc(NC(=O)N2CCCC(C(=O)N3CCC=C(F)C3)C2)c1. The van der Waals surface area contributed by atoms with Crippen molar-refractivity contribution in [3.8, 4) is 0 Å². The minimum Gasteiger partial charge on any atom is -0.335 e. The number of halogens is 1. The average molecular weight is 345 g/mol. The third-order valence-corrected chi connectivity index (χ3v) is 4.75. The molecule has 5 nitrogen and oxygen atoms in total. The minimum atomic E-state index is -0.247. The lowest BCUT2D eigenvalue weighted by Crippen LogP contribution is -2.48. The fourth-order valence-corrected chi connectivity index (χ4v) is 3.44. The van der Waals surface area contributed by atoms with Crippen molar-refractivity contribution in [3.63, 3.8) is 0 Å². The lowest BCUT2D eigenvalue weighted by atomic mass is 9.96. The third kappa shape index (κ3) is 4.38. The first-order valence-electron chi connectivity index (χ1n) is 8.79. The highest BCUT2D eigenvalue weighted by Gasteiger charge is 2.32. The summed E-state index contributed by atoms with van der Waals surface area (Å²) in [5, 5.41) is 2.89. The number of rotatable bonds is 2. The number of nitrogens with zero attached hydrogens (tertiary/aromatic N) is 2. The molecule has 0 aromatic heterocycles. The molecule has 2 aliphatic heterocycles. The van der Waals surface area contributed by atoms with Crippen LogP contribution in [0.15, 0.2) is 36.2 Å². The van der Waals surface area contributed by atoms with E-state index in [1.165, 1.54) is 6.08 Å². The summed E-state index contributed by atoms with van der Waals surface area (Å²) in [6.07, 6.45) is 3.62. The van der Waals surface area contributed by atoms with E-state index in [-0.39, 0.29) is 30.2 Å². The molecule has 0 spiro atoms. The molecule has 1 atom stereocenters. The van der Waals surface area contributed by atoms with Crippen LogP contribution in [-0.4, -0.2) is 47.9 Å². The van der Waals surface area contributed by atoms with Crippen LogP contribution in [0.4, 0.5) is 14.9 Å². The van der Waals surface area contributed by atoms with Crippen molar-refractivity contribution in [2.24, 2.45) is 5.92 Å². The molecule has 3 amide bonds. The van der Waals surface area contributed by atoms with Crippen LogP contribution >= 0.6 is 0 Å². The number of anilines is 1. The molecule has 6 heteroatoms. The number of carbonyl (C=O) groups is 2.